The third kappa shape index (κ3) is 3.78. The van der Waals surface area contributed by atoms with Crippen molar-refractivity contribution in [3.8, 4) is 0 Å². The summed E-state index contributed by atoms with van der Waals surface area (Å²) in [5.74, 6) is -0.537. The van der Waals surface area contributed by atoms with Gasteiger partial charge in [0.2, 0.25) is 5.91 Å². The van der Waals surface area contributed by atoms with E-state index in [9.17, 15) is 14.4 Å². The van der Waals surface area contributed by atoms with Crippen LogP contribution in [-0.4, -0.2) is 46.5 Å². The Morgan fingerprint density at radius 2 is 2.13 bits per heavy atom. The molecular weight excluding hydrogens is 296 g/mol. The van der Waals surface area contributed by atoms with Gasteiger partial charge >= 0.3 is 0 Å². The summed E-state index contributed by atoms with van der Waals surface area (Å²) in [5.41, 5.74) is 0.876. The molecular formula is C16H24N4O3. The van der Waals surface area contributed by atoms with E-state index in [4.69, 9.17) is 0 Å². The lowest BCUT2D eigenvalue weighted by Gasteiger charge is -2.32. The normalized spacial score (nSPS) is 17.9. The third-order valence-electron chi connectivity index (χ3n) is 4.31. The molecule has 1 fully saturated rings. The number of carbonyl (C=O) groups is 2. The Morgan fingerprint density at radius 3 is 2.83 bits per heavy atom. The number of aryl methyl sites for hydroxylation is 1. The van der Waals surface area contributed by atoms with Crippen LogP contribution < -0.4 is 10.9 Å². The van der Waals surface area contributed by atoms with Crippen molar-refractivity contribution in [2.75, 3.05) is 19.6 Å². The maximum atomic E-state index is 12.7. The fourth-order valence-corrected chi connectivity index (χ4v) is 2.81. The van der Waals surface area contributed by atoms with Gasteiger partial charge in [0.15, 0.2) is 0 Å². The molecule has 0 radical (unpaired) electrons. The minimum absolute atomic E-state index is 0.0131. The van der Waals surface area contributed by atoms with Crippen LogP contribution in [0.3, 0.4) is 0 Å². The molecule has 23 heavy (non-hydrogen) atoms. The Morgan fingerprint density at radius 1 is 1.39 bits per heavy atom. The zero-order chi connectivity index (χ0) is 17.0. The molecule has 0 aromatic carbocycles. The number of hydrogen-bond donors (Lipinski definition) is 2. The molecule has 1 saturated heterocycles. The van der Waals surface area contributed by atoms with E-state index in [0.29, 0.717) is 30.9 Å². The fraction of sp³-hybridized carbons (Fsp3) is 0.625. The quantitative estimate of drug-likeness (QED) is 0.856. The largest absolute Gasteiger partial charge is 0.356 e. The molecule has 2 N–H and O–H groups in total. The maximum absolute atomic E-state index is 12.7. The second kappa shape index (κ2) is 7.39. The number of aromatic nitrogens is 2. The highest BCUT2D eigenvalue weighted by atomic mass is 16.2. The third-order valence-corrected chi connectivity index (χ3v) is 4.31. The second-order valence-corrected chi connectivity index (χ2v) is 6.02. The van der Waals surface area contributed by atoms with Gasteiger partial charge in [-0.05, 0) is 38.7 Å². The van der Waals surface area contributed by atoms with Gasteiger partial charge < -0.3 is 10.2 Å². The Bertz CT molecular complexity index is 653. The standard InChI is InChI=1S/C16H24N4O3/c1-4-7-17-14(21)12-6-5-8-20(9-12)16(23)13-10(2)11(3)18-19-15(13)22/h12H,4-9H2,1-3H3,(H,17,21)(H,19,22). The van der Waals surface area contributed by atoms with Gasteiger partial charge in [0.1, 0.15) is 5.56 Å². The van der Waals surface area contributed by atoms with E-state index in [-0.39, 0.29) is 23.3 Å². The summed E-state index contributed by atoms with van der Waals surface area (Å²) < 4.78 is 0. The maximum Gasteiger partial charge on any atom is 0.277 e. The Labute approximate surface area is 135 Å². The molecule has 2 amide bonds. The van der Waals surface area contributed by atoms with E-state index in [1.165, 1.54) is 0 Å². The first-order valence-corrected chi connectivity index (χ1v) is 8.08. The van der Waals surface area contributed by atoms with Crippen molar-refractivity contribution in [1.82, 2.24) is 20.4 Å². The van der Waals surface area contributed by atoms with E-state index in [1.54, 1.807) is 18.7 Å². The molecule has 0 saturated carbocycles. The topological polar surface area (TPSA) is 95.2 Å². The Kier molecular flexibility index (Phi) is 5.52. The Hall–Kier alpha value is -2.18. The van der Waals surface area contributed by atoms with E-state index in [1.807, 2.05) is 6.92 Å². The van der Waals surface area contributed by atoms with Crippen LogP contribution in [0.15, 0.2) is 4.79 Å². The molecule has 0 spiro atoms. The van der Waals surface area contributed by atoms with Crippen molar-refractivity contribution in [2.45, 2.75) is 40.0 Å². The zero-order valence-electron chi connectivity index (χ0n) is 13.9. The predicted octanol–water partition coefficient (Wildman–Crippen LogP) is 0.765. The highest BCUT2D eigenvalue weighted by molar-refractivity contribution is 5.95. The lowest BCUT2D eigenvalue weighted by Crippen LogP contribution is -2.47. The van der Waals surface area contributed by atoms with Crippen molar-refractivity contribution in [1.29, 1.82) is 0 Å². The van der Waals surface area contributed by atoms with Crippen LogP contribution in [0.1, 0.15) is 47.8 Å². The monoisotopic (exact) mass is 320 g/mol. The molecule has 1 aliphatic heterocycles. The van der Waals surface area contributed by atoms with Gasteiger partial charge in [0.25, 0.3) is 11.5 Å². The molecule has 7 nitrogen and oxygen atoms in total. The molecule has 2 rings (SSSR count). The summed E-state index contributed by atoms with van der Waals surface area (Å²) in [7, 11) is 0. The molecule has 1 aliphatic rings. The van der Waals surface area contributed by atoms with Crippen molar-refractivity contribution >= 4 is 11.8 Å². The SMILES string of the molecule is CCCNC(=O)C1CCCN(C(=O)c2c(C)c(C)n[nH]c2=O)C1. The number of carbonyl (C=O) groups excluding carboxylic acids is 2. The molecule has 1 aromatic heterocycles. The van der Waals surface area contributed by atoms with Crippen molar-refractivity contribution < 1.29 is 9.59 Å². The molecule has 1 atom stereocenters. The van der Waals surface area contributed by atoms with Crippen LogP contribution in [0.2, 0.25) is 0 Å². The van der Waals surface area contributed by atoms with E-state index < -0.39 is 5.56 Å². The summed E-state index contributed by atoms with van der Waals surface area (Å²) >= 11 is 0. The van der Waals surface area contributed by atoms with Gasteiger partial charge in [-0.2, -0.15) is 5.10 Å². The van der Waals surface area contributed by atoms with E-state index in [0.717, 1.165) is 19.3 Å². The number of piperidine rings is 1. The first-order chi connectivity index (χ1) is 11.0. The van der Waals surface area contributed by atoms with E-state index >= 15 is 0 Å². The van der Waals surface area contributed by atoms with Crippen LogP contribution in [-0.2, 0) is 4.79 Å². The average Bonchev–Trinajstić information content (AvgIpc) is 2.56. The van der Waals surface area contributed by atoms with E-state index in [2.05, 4.69) is 15.5 Å². The lowest BCUT2D eigenvalue weighted by atomic mass is 9.96. The Balaban J connectivity index is 2.16. The highest BCUT2D eigenvalue weighted by Gasteiger charge is 2.30. The molecule has 0 bridgehead atoms. The van der Waals surface area contributed by atoms with Crippen LogP contribution in [0, 0.1) is 19.8 Å². The summed E-state index contributed by atoms with van der Waals surface area (Å²) in [6.45, 7) is 7.04. The fourth-order valence-electron chi connectivity index (χ4n) is 2.81. The summed E-state index contributed by atoms with van der Waals surface area (Å²) in [6, 6.07) is 0. The number of likely N-dealkylation sites (tertiary alicyclic amines) is 1. The van der Waals surface area contributed by atoms with Gasteiger partial charge in [-0.15, -0.1) is 0 Å². The van der Waals surface area contributed by atoms with Crippen molar-refractivity contribution in [3.63, 3.8) is 0 Å². The zero-order valence-corrected chi connectivity index (χ0v) is 13.9. The lowest BCUT2D eigenvalue weighted by molar-refractivity contribution is -0.126. The number of nitrogens with one attached hydrogen (secondary N) is 2. The minimum Gasteiger partial charge on any atom is -0.356 e. The number of nitrogens with zero attached hydrogens (tertiary/aromatic N) is 2. The second-order valence-electron chi connectivity index (χ2n) is 6.02. The first-order valence-electron chi connectivity index (χ1n) is 8.08. The molecule has 0 aliphatic carbocycles. The first kappa shape index (κ1) is 17.2. The molecule has 2 heterocycles. The number of hydrogen-bond acceptors (Lipinski definition) is 4. The number of rotatable bonds is 4. The van der Waals surface area contributed by atoms with Crippen molar-refractivity contribution in [3.05, 3.63) is 27.2 Å². The summed E-state index contributed by atoms with van der Waals surface area (Å²) in [6.07, 6.45) is 2.41. The highest BCUT2D eigenvalue weighted by Crippen LogP contribution is 2.19. The minimum atomic E-state index is -0.476. The number of aromatic amines is 1. The summed E-state index contributed by atoms with van der Waals surface area (Å²) in [4.78, 5) is 38.4. The van der Waals surface area contributed by atoms with Crippen LogP contribution in [0.5, 0.6) is 0 Å². The smallest absolute Gasteiger partial charge is 0.277 e. The van der Waals surface area contributed by atoms with Gasteiger partial charge in [0, 0.05) is 19.6 Å². The predicted molar refractivity (Wildman–Crippen MR) is 86.3 cm³/mol. The molecule has 1 unspecified atom stereocenters. The van der Waals surface area contributed by atoms with Crippen LogP contribution >= 0.6 is 0 Å². The molecule has 126 valence electrons. The van der Waals surface area contributed by atoms with Gasteiger partial charge in [0.05, 0.1) is 11.6 Å². The van der Waals surface area contributed by atoms with Crippen LogP contribution in [0.4, 0.5) is 0 Å². The van der Waals surface area contributed by atoms with Gasteiger partial charge in [-0.25, -0.2) is 5.10 Å². The average molecular weight is 320 g/mol. The number of H-pyrrole nitrogens is 1. The van der Waals surface area contributed by atoms with Gasteiger partial charge in [-0.1, -0.05) is 6.92 Å². The molecule has 7 heteroatoms. The van der Waals surface area contributed by atoms with Crippen LogP contribution in [0.25, 0.3) is 0 Å². The number of amides is 2. The van der Waals surface area contributed by atoms with Crippen molar-refractivity contribution in [2.24, 2.45) is 5.92 Å². The summed E-state index contributed by atoms with van der Waals surface area (Å²) in [5, 5.41) is 9.11. The molecule has 1 aromatic rings. The van der Waals surface area contributed by atoms with Gasteiger partial charge in [-0.3, -0.25) is 14.4 Å².